The average Bonchev–Trinajstić information content (AvgIpc) is 2.87. The van der Waals surface area contributed by atoms with Gasteiger partial charge in [-0.2, -0.15) is 0 Å². The van der Waals surface area contributed by atoms with Crippen LogP contribution in [0.25, 0.3) is 0 Å². The van der Waals surface area contributed by atoms with E-state index in [0.717, 1.165) is 25.2 Å². The van der Waals surface area contributed by atoms with Crippen molar-refractivity contribution in [2.75, 3.05) is 20.2 Å². The minimum Gasteiger partial charge on any atom is -0.476 e. The van der Waals surface area contributed by atoms with Gasteiger partial charge in [0.25, 0.3) is 0 Å². The molecule has 88 valence electrons. The zero-order valence-electron chi connectivity index (χ0n) is 9.05. The van der Waals surface area contributed by atoms with E-state index in [4.69, 9.17) is 9.84 Å². The molecule has 2 heterocycles. The Morgan fingerprint density at radius 2 is 2.62 bits per heavy atom. The van der Waals surface area contributed by atoms with Crippen LogP contribution >= 0.6 is 11.3 Å². The lowest BCUT2D eigenvalue weighted by molar-refractivity contribution is 0.0696. The molecular weight excluding hydrogens is 228 g/mol. The van der Waals surface area contributed by atoms with Crippen LogP contribution in [-0.2, 0) is 11.3 Å². The van der Waals surface area contributed by atoms with E-state index in [1.165, 1.54) is 11.3 Å². The molecule has 1 aliphatic heterocycles. The van der Waals surface area contributed by atoms with Gasteiger partial charge in [-0.3, -0.25) is 4.90 Å². The van der Waals surface area contributed by atoms with Gasteiger partial charge in [-0.15, -0.1) is 11.3 Å². The Kier molecular flexibility index (Phi) is 3.52. The second kappa shape index (κ2) is 4.90. The number of carbonyl (C=O) groups is 1. The summed E-state index contributed by atoms with van der Waals surface area (Å²) in [6, 6.07) is 0. The number of nitrogens with zero attached hydrogens (tertiary/aromatic N) is 2. The molecule has 0 bridgehead atoms. The van der Waals surface area contributed by atoms with Crippen molar-refractivity contribution in [2.24, 2.45) is 0 Å². The summed E-state index contributed by atoms with van der Waals surface area (Å²) < 4.78 is 5.27. The minimum atomic E-state index is -0.951. The third-order valence-electron chi connectivity index (χ3n) is 2.68. The van der Waals surface area contributed by atoms with Gasteiger partial charge in [0.15, 0.2) is 0 Å². The minimum absolute atomic E-state index is 0.164. The molecule has 0 aromatic carbocycles. The smallest absolute Gasteiger partial charge is 0.365 e. The molecule has 1 aromatic heterocycles. The number of likely N-dealkylation sites (tertiary alicyclic amines) is 1. The zero-order valence-corrected chi connectivity index (χ0v) is 9.87. The molecule has 1 saturated heterocycles. The fraction of sp³-hybridized carbons (Fsp3) is 0.600. The molecule has 2 rings (SSSR count). The molecule has 1 unspecified atom stereocenters. The van der Waals surface area contributed by atoms with Gasteiger partial charge in [-0.05, 0) is 6.42 Å². The molecule has 1 fully saturated rings. The Bertz CT molecular complexity index is 380. The van der Waals surface area contributed by atoms with Crippen molar-refractivity contribution < 1.29 is 14.6 Å². The summed E-state index contributed by atoms with van der Waals surface area (Å²) in [7, 11) is 1.72. The van der Waals surface area contributed by atoms with Crippen molar-refractivity contribution in [2.45, 2.75) is 19.1 Å². The quantitative estimate of drug-likeness (QED) is 0.855. The Hall–Kier alpha value is -0.980. The Morgan fingerprint density at radius 1 is 1.81 bits per heavy atom. The first-order valence-corrected chi connectivity index (χ1v) is 6.00. The fourth-order valence-electron chi connectivity index (χ4n) is 1.84. The number of carboxylic acids is 1. The normalized spacial score (nSPS) is 21.4. The van der Waals surface area contributed by atoms with Gasteiger partial charge >= 0.3 is 5.97 Å². The summed E-state index contributed by atoms with van der Waals surface area (Å²) in [5.74, 6) is -0.951. The van der Waals surface area contributed by atoms with Crippen LogP contribution in [0.15, 0.2) is 5.38 Å². The highest BCUT2D eigenvalue weighted by molar-refractivity contribution is 7.11. The first-order chi connectivity index (χ1) is 7.69. The van der Waals surface area contributed by atoms with E-state index in [1.54, 1.807) is 7.11 Å². The number of hydrogen-bond acceptors (Lipinski definition) is 5. The van der Waals surface area contributed by atoms with Crippen LogP contribution in [0, 0.1) is 0 Å². The van der Waals surface area contributed by atoms with E-state index in [1.807, 2.05) is 5.38 Å². The zero-order chi connectivity index (χ0) is 11.5. The number of ether oxygens (including phenoxy) is 1. The molecule has 0 aliphatic carbocycles. The fourth-order valence-corrected chi connectivity index (χ4v) is 2.49. The van der Waals surface area contributed by atoms with Gasteiger partial charge in [0.05, 0.1) is 11.8 Å². The largest absolute Gasteiger partial charge is 0.476 e. The van der Waals surface area contributed by atoms with E-state index in [9.17, 15) is 4.79 Å². The molecule has 6 heteroatoms. The topological polar surface area (TPSA) is 62.7 Å². The Balaban J connectivity index is 1.92. The third-order valence-corrected chi connectivity index (χ3v) is 3.56. The Morgan fingerprint density at radius 3 is 3.19 bits per heavy atom. The molecule has 0 amide bonds. The summed E-state index contributed by atoms with van der Waals surface area (Å²) in [6.45, 7) is 2.60. The van der Waals surface area contributed by atoms with Crippen molar-refractivity contribution in [1.29, 1.82) is 0 Å². The number of aromatic nitrogens is 1. The van der Waals surface area contributed by atoms with Crippen molar-refractivity contribution in [3.8, 4) is 0 Å². The second-order valence-electron chi connectivity index (χ2n) is 3.83. The predicted molar refractivity (Wildman–Crippen MR) is 59.8 cm³/mol. The lowest BCUT2D eigenvalue weighted by Crippen LogP contribution is -2.22. The van der Waals surface area contributed by atoms with Crippen molar-refractivity contribution in [3.63, 3.8) is 0 Å². The number of rotatable bonds is 4. The van der Waals surface area contributed by atoms with Gasteiger partial charge in [-0.1, -0.05) is 0 Å². The number of thiazole rings is 1. The first kappa shape index (κ1) is 11.5. The van der Waals surface area contributed by atoms with Crippen LogP contribution in [0.3, 0.4) is 0 Å². The molecule has 0 saturated carbocycles. The van der Waals surface area contributed by atoms with E-state index >= 15 is 0 Å². The molecule has 0 spiro atoms. The summed E-state index contributed by atoms with van der Waals surface area (Å²) >= 11 is 1.18. The van der Waals surface area contributed by atoms with E-state index < -0.39 is 5.97 Å². The molecule has 16 heavy (non-hydrogen) atoms. The van der Waals surface area contributed by atoms with Crippen LogP contribution in [0.2, 0.25) is 0 Å². The van der Waals surface area contributed by atoms with Crippen LogP contribution in [0.1, 0.15) is 21.9 Å². The maximum atomic E-state index is 10.7. The van der Waals surface area contributed by atoms with Crippen molar-refractivity contribution in [3.05, 3.63) is 16.1 Å². The highest BCUT2D eigenvalue weighted by Gasteiger charge is 2.22. The van der Waals surface area contributed by atoms with E-state index in [-0.39, 0.29) is 5.01 Å². The highest BCUT2D eigenvalue weighted by Crippen LogP contribution is 2.17. The molecule has 5 nitrogen and oxygen atoms in total. The second-order valence-corrected chi connectivity index (χ2v) is 4.69. The molecule has 0 radical (unpaired) electrons. The molecule has 1 N–H and O–H groups in total. The van der Waals surface area contributed by atoms with E-state index in [2.05, 4.69) is 9.88 Å². The van der Waals surface area contributed by atoms with Crippen LogP contribution in [0.4, 0.5) is 0 Å². The summed E-state index contributed by atoms with van der Waals surface area (Å²) in [4.78, 5) is 17.0. The molecule has 1 aliphatic rings. The molecular formula is C10H14N2O3S. The summed E-state index contributed by atoms with van der Waals surface area (Å²) in [5, 5.41) is 10.7. The van der Waals surface area contributed by atoms with Gasteiger partial charge in [0.1, 0.15) is 0 Å². The monoisotopic (exact) mass is 242 g/mol. The number of hydrogen-bond donors (Lipinski definition) is 1. The number of aromatic carboxylic acids is 1. The maximum absolute atomic E-state index is 10.7. The highest BCUT2D eigenvalue weighted by atomic mass is 32.1. The lowest BCUT2D eigenvalue weighted by atomic mass is 10.3. The van der Waals surface area contributed by atoms with Gasteiger partial charge in [0.2, 0.25) is 5.01 Å². The van der Waals surface area contributed by atoms with Crippen molar-refractivity contribution >= 4 is 17.3 Å². The number of methoxy groups -OCH3 is 1. The van der Waals surface area contributed by atoms with Crippen LogP contribution < -0.4 is 0 Å². The third kappa shape index (κ3) is 2.58. The predicted octanol–water partition coefficient (Wildman–Crippen LogP) is 1.06. The van der Waals surface area contributed by atoms with Crippen molar-refractivity contribution in [1.82, 2.24) is 9.88 Å². The average molecular weight is 242 g/mol. The summed E-state index contributed by atoms with van der Waals surface area (Å²) in [6.07, 6.45) is 1.34. The lowest BCUT2D eigenvalue weighted by Gasteiger charge is -2.13. The van der Waals surface area contributed by atoms with Gasteiger partial charge in [0, 0.05) is 32.1 Å². The first-order valence-electron chi connectivity index (χ1n) is 5.12. The van der Waals surface area contributed by atoms with Crippen LogP contribution in [0.5, 0.6) is 0 Å². The number of carboxylic acid groups (broad SMARTS) is 1. The molecule has 1 aromatic rings. The van der Waals surface area contributed by atoms with Gasteiger partial charge in [-0.25, -0.2) is 9.78 Å². The SMILES string of the molecule is COC1CCN(Cc2csc(C(=O)O)n2)C1. The maximum Gasteiger partial charge on any atom is 0.365 e. The van der Waals surface area contributed by atoms with Gasteiger partial charge < -0.3 is 9.84 Å². The summed E-state index contributed by atoms with van der Waals surface area (Å²) in [5.41, 5.74) is 0.833. The molecule has 1 atom stereocenters. The van der Waals surface area contributed by atoms with Crippen LogP contribution in [-0.4, -0.2) is 47.3 Å². The Labute approximate surface area is 97.7 Å². The standard InChI is InChI=1S/C10H14N2O3S/c1-15-8-2-3-12(5-8)4-7-6-16-9(11-7)10(13)14/h6,8H,2-5H2,1H3,(H,13,14). The van der Waals surface area contributed by atoms with E-state index in [0.29, 0.717) is 12.6 Å².